The summed E-state index contributed by atoms with van der Waals surface area (Å²) in [7, 11) is 0. The number of H-pyrrole nitrogens is 1. The lowest BCUT2D eigenvalue weighted by molar-refractivity contribution is -0.119. The van der Waals surface area contributed by atoms with Gasteiger partial charge in [-0.2, -0.15) is 5.10 Å². The smallest absolute Gasteiger partial charge is 0.230 e. The highest BCUT2D eigenvalue weighted by Crippen LogP contribution is 2.19. The molecule has 7 heteroatoms. The number of aromatic amines is 1. The minimum atomic E-state index is -0.0578. The quantitative estimate of drug-likeness (QED) is 0.680. The largest absolute Gasteiger partial charge is 0.494 e. The molecule has 24 heavy (non-hydrogen) atoms. The van der Waals surface area contributed by atoms with Crippen LogP contribution in [0.4, 0.5) is 0 Å². The molecule has 0 aliphatic heterocycles. The first-order chi connectivity index (χ1) is 11.5. The van der Waals surface area contributed by atoms with Crippen LogP contribution in [0.25, 0.3) is 0 Å². The lowest BCUT2D eigenvalue weighted by atomic mass is 10.1. The van der Waals surface area contributed by atoms with Gasteiger partial charge in [-0.3, -0.25) is 9.89 Å². The van der Waals surface area contributed by atoms with Crippen molar-refractivity contribution in [1.82, 2.24) is 20.5 Å². The van der Waals surface area contributed by atoms with Gasteiger partial charge in [-0.25, -0.2) is 4.98 Å². The Morgan fingerprint density at radius 1 is 1.29 bits per heavy atom. The van der Waals surface area contributed by atoms with Crippen molar-refractivity contribution in [3.8, 4) is 5.75 Å². The molecule has 2 N–H and O–H groups in total. The van der Waals surface area contributed by atoms with E-state index in [-0.39, 0.29) is 11.9 Å². The monoisotopic (exact) mass is 348 g/mol. The zero-order valence-corrected chi connectivity index (χ0v) is 15.1. The molecule has 0 bridgehead atoms. The SMILES string of the molecule is CC(C)CCOc1ccc(C(C)NC(=O)CSc2ncn[nH]2)cc1. The van der Waals surface area contributed by atoms with Crippen LogP contribution in [0.2, 0.25) is 0 Å². The standard InChI is InChI=1S/C17H24N4O2S/c1-12(2)8-9-23-15-6-4-14(5-7-15)13(3)20-16(22)10-24-17-18-11-19-21-17/h4-7,11-13H,8-10H2,1-3H3,(H,20,22)(H,18,19,21). The van der Waals surface area contributed by atoms with Crippen LogP contribution in [0.15, 0.2) is 35.7 Å². The summed E-state index contributed by atoms with van der Waals surface area (Å²) in [6.07, 6.45) is 2.46. The van der Waals surface area contributed by atoms with E-state index in [0.29, 0.717) is 16.8 Å². The van der Waals surface area contributed by atoms with Crippen molar-refractivity contribution in [2.24, 2.45) is 5.92 Å². The van der Waals surface area contributed by atoms with Gasteiger partial charge in [0, 0.05) is 0 Å². The van der Waals surface area contributed by atoms with E-state index in [0.717, 1.165) is 24.3 Å². The van der Waals surface area contributed by atoms with E-state index in [1.807, 2.05) is 31.2 Å². The van der Waals surface area contributed by atoms with Gasteiger partial charge in [0.1, 0.15) is 12.1 Å². The average molecular weight is 348 g/mol. The molecule has 0 aliphatic carbocycles. The van der Waals surface area contributed by atoms with Crippen LogP contribution in [-0.4, -0.2) is 33.4 Å². The third-order valence-corrected chi connectivity index (χ3v) is 4.33. The predicted molar refractivity (Wildman–Crippen MR) is 95.1 cm³/mol. The van der Waals surface area contributed by atoms with Crippen molar-refractivity contribution in [2.75, 3.05) is 12.4 Å². The molecule has 0 fully saturated rings. The molecule has 0 spiro atoms. The topological polar surface area (TPSA) is 79.9 Å². The first-order valence-electron chi connectivity index (χ1n) is 8.05. The number of benzene rings is 1. The number of hydrogen-bond acceptors (Lipinski definition) is 5. The van der Waals surface area contributed by atoms with Crippen molar-refractivity contribution in [3.05, 3.63) is 36.2 Å². The minimum absolute atomic E-state index is 0.0406. The van der Waals surface area contributed by atoms with Crippen LogP contribution in [0.3, 0.4) is 0 Å². The molecule has 2 rings (SSSR count). The number of aromatic nitrogens is 3. The van der Waals surface area contributed by atoms with E-state index < -0.39 is 0 Å². The Labute approximate surface area is 146 Å². The Morgan fingerprint density at radius 2 is 2.04 bits per heavy atom. The normalized spacial score (nSPS) is 12.2. The molecule has 0 radical (unpaired) electrons. The second-order valence-corrected chi connectivity index (χ2v) is 6.93. The summed E-state index contributed by atoms with van der Waals surface area (Å²) >= 11 is 1.32. The van der Waals surface area contributed by atoms with E-state index in [4.69, 9.17) is 4.74 Å². The average Bonchev–Trinajstić information content (AvgIpc) is 3.06. The summed E-state index contributed by atoms with van der Waals surface area (Å²) in [6.45, 7) is 7.04. The van der Waals surface area contributed by atoms with Crippen molar-refractivity contribution in [1.29, 1.82) is 0 Å². The zero-order chi connectivity index (χ0) is 17.4. The third-order valence-electron chi connectivity index (χ3n) is 3.45. The lowest BCUT2D eigenvalue weighted by Crippen LogP contribution is -2.28. The Bertz CT molecular complexity index is 614. The number of nitrogens with zero attached hydrogens (tertiary/aromatic N) is 2. The van der Waals surface area contributed by atoms with Crippen LogP contribution in [0, 0.1) is 5.92 Å². The molecule has 1 heterocycles. The fraction of sp³-hybridized carbons (Fsp3) is 0.471. The molecule has 130 valence electrons. The van der Waals surface area contributed by atoms with Gasteiger partial charge in [0.2, 0.25) is 5.91 Å². The molecular weight excluding hydrogens is 324 g/mol. The highest BCUT2D eigenvalue weighted by molar-refractivity contribution is 7.99. The maximum Gasteiger partial charge on any atom is 0.230 e. The van der Waals surface area contributed by atoms with Gasteiger partial charge < -0.3 is 10.1 Å². The molecule has 1 atom stereocenters. The van der Waals surface area contributed by atoms with Crippen LogP contribution in [-0.2, 0) is 4.79 Å². The van der Waals surface area contributed by atoms with Crippen molar-refractivity contribution < 1.29 is 9.53 Å². The Balaban J connectivity index is 1.76. The van der Waals surface area contributed by atoms with Gasteiger partial charge in [-0.15, -0.1) is 0 Å². The summed E-state index contributed by atoms with van der Waals surface area (Å²) in [6, 6.07) is 7.80. The minimum Gasteiger partial charge on any atom is -0.494 e. The van der Waals surface area contributed by atoms with Gasteiger partial charge in [0.15, 0.2) is 5.16 Å². The van der Waals surface area contributed by atoms with Gasteiger partial charge >= 0.3 is 0 Å². The summed E-state index contributed by atoms with van der Waals surface area (Å²) in [4.78, 5) is 15.9. The molecular formula is C17H24N4O2S. The van der Waals surface area contributed by atoms with Crippen LogP contribution in [0.1, 0.15) is 38.8 Å². The molecule has 1 aromatic carbocycles. The Hall–Kier alpha value is -2.02. The fourth-order valence-electron chi connectivity index (χ4n) is 2.03. The van der Waals surface area contributed by atoms with Crippen LogP contribution >= 0.6 is 11.8 Å². The number of hydrogen-bond donors (Lipinski definition) is 2. The van der Waals surface area contributed by atoms with E-state index in [1.54, 1.807) is 0 Å². The summed E-state index contributed by atoms with van der Waals surface area (Å²) in [5, 5.41) is 10.1. The number of carbonyl (C=O) groups excluding carboxylic acids is 1. The van der Waals surface area contributed by atoms with Crippen LogP contribution in [0.5, 0.6) is 5.75 Å². The second kappa shape index (κ2) is 9.32. The molecule has 1 unspecified atom stereocenters. The first-order valence-corrected chi connectivity index (χ1v) is 9.03. The van der Waals surface area contributed by atoms with Gasteiger partial charge in [-0.1, -0.05) is 37.7 Å². The van der Waals surface area contributed by atoms with Gasteiger partial charge in [-0.05, 0) is 37.0 Å². The highest BCUT2D eigenvalue weighted by Gasteiger charge is 2.11. The van der Waals surface area contributed by atoms with E-state index >= 15 is 0 Å². The number of ether oxygens (including phenoxy) is 1. The number of nitrogens with one attached hydrogen (secondary N) is 2. The number of rotatable bonds is 9. The van der Waals surface area contributed by atoms with Crippen molar-refractivity contribution >= 4 is 17.7 Å². The maximum atomic E-state index is 12.0. The Morgan fingerprint density at radius 3 is 2.67 bits per heavy atom. The number of amides is 1. The summed E-state index contributed by atoms with van der Waals surface area (Å²) in [5.74, 6) is 1.75. The van der Waals surface area contributed by atoms with Gasteiger partial charge in [0.25, 0.3) is 0 Å². The summed E-state index contributed by atoms with van der Waals surface area (Å²) < 4.78 is 5.71. The Kier molecular flexibility index (Phi) is 7.11. The fourth-order valence-corrected chi connectivity index (χ4v) is 2.62. The lowest BCUT2D eigenvalue weighted by Gasteiger charge is -2.15. The van der Waals surface area contributed by atoms with Crippen molar-refractivity contribution in [3.63, 3.8) is 0 Å². The highest BCUT2D eigenvalue weighted by atomic mass is 32.2. The predicted octanol–water partition coefficient (Wildman–Crippen LogP) is 3.20. The van der Waals surface area contributed by atoms with E-state index in [1.165, 1.54) is 18.1 Å². The molecule has 0 saturated carbocycles. The number of carbonyl (C=O) groups is 1. The van der Waals surface area contributed by atoms with E-state index in [9.17, 15) is 4.79 Å². The summed E-state index contributed by atoms with van der Waals surface area (Å²) in [5.41, 5.74) is 1.05. The molecule has 0 saturated heterocycles. The number of thioether (sulfide) groups is 1. The zero-order valence-electron chi connectivity index (χ0n) is 14.3. The molecule has 2 aromatic rings. The molecule has 1 aromatic heterocycles. The second-order valence-electron chi connectivity index (χ2n) is 5.97. The molecule has 1 amide bonds. The maximum absolute atomic E-state index is 12.0. The van der Waals surface area contributed by atoms with Crippen LogP contribution < -0.4 is 10.1 Å². The van der Waals surface area contributed by atoms with Gasteiger partial charge in [0.05, 0.1) is 18.4 Å². The molecule has 6 nitrogen and oxygen atoms in total. The third kappa shape index (κ3) is 6.23. The van der Waals surface area contributed by atoms with Crippen molar-refractivity contribution in [2.45, 2.75) is 38.4 Å². The van der Waals surface area contributed by atoms with E-state index in [2.05, 4.69) is 34.3 Å². The molecule has 0 aliphatic rings. The first kappa shape index (κ1) is 18.3.